The standard InChI is InChI=1S/C45H86N2O4/c1-4-7-10-13-16-25-32-42-50-44(48)36-28-21-17-23-30-39-47(41-33-38-46)40-31-24-18-22-29-37-45(49)51-43(34-26-19-14-11-8-5-2)35-27-20-15-12-9-6-3/h43H,4-37,39-42H2,1-3H3. The molecular formula is C45H86N2O4. The minimum absolute atomic E-state index is 0.0124. The summed E-state index contributed by atoms with van der Waals surface area (Å²) in [4.78, 5) is 27.2. The molecular weight excluding hydrogens is 633 g/mol. The third kappa shape index (κ3) is 37.9. The highest BCUT2D eigenvalue weighted by Crippen LogP contribution is 2.18. The van der Waals surface area contributed by atoms with Crippen LogP contribution in [0.3, 0.4) is 0 Å². The van der Waals surface area contributed by atoms with E-state index >= 15 is 0 Å². The maximum absolute atomic E-state index is 12.7. The number of carbonyl (C=O) groups excluding carboxylic acids is 2. The van der Waals surface area contributed by atoms with Crippen molar-refractivity contribution in [1.29, 1.82) is 5.26 Å². The molecule has 51 heavy (non-hydrogen) atoms. The molecule has 0 aromatic rings. The third-order valence-corrected chi connectivity index (χ3v) is 10.3. The van der Waals surface area contributed by atoms with E-state index in [9.17, 15) is 9.59 Å². The van der Waals surface area contributed by atoms with Crippen molar-refractivity contribution in [2.24, 2.45) is 0 Å². The summed E-state index contributed by atoms with van der Waals surface area (Å²) in [6.45, 7) is 10.3. The van der Waals surface area contributed by atoms with Crippen LogP contribution < -0.4 is 0 Å². The predicted octanol–water partition coefficient (Wildman–Crippen LogP) is 13.6. The Hall–Kier alpha value is -1.61. The summed E-state index contributed by atoms with van der Waals surface area (Å²) < 4.78 is 11.4. The van der Waals surface area contributed by atoms with Gasteiger partial charge in [0.05, 0.1) is 12.7 Å². The zero-order valence-electron chi connectivity index (χ0n) is 34.5. The van der Waals surface area contributed by atoms with Crippen molar-refractivity contribution in [3.63, 3.8) is 0 Å². The van der Waals surface area contributed by atoms with Crippen molar-refractivity contribution in [2.75, 3.05) is 26.2 Å². The molecule has 0 aliphatic heterocycles. The quantitative estimate of drug-likeness (QED) is 0.0462. The lowest BCUT2D eigenvalue weighted by Gasteiger charge is -2.21. The first kappa shape index (κ1) is 49.4. The first-order valence-electron chi connectivity index (χ1n) is 22.5. The highest BCUT2D eigenvalue weighted by Gasteiger charge is 2.14. The van der Waals surface area contributed by atoms with E-state index in [-0.39, 0.29) is 18.0 Å². The lowest BCUT2D eigenvalue weighted by atomic mass is 10.0. The second-order valence-corrected chi connectivity index (χ2v) is 15.4. The van der Waals surface area contributed by atoms with Gasteiger partial charge >= 0.3 is 11.9 Å². The Bertz CT molecular complexity index is 767. The van der Waals surface area contributed by atoms with E-state index in [1.54, 1.807) is 0 Å². The van der Waals surface area contributed by atoms with Crippen LogP contribution in [0.5, 0.6) is 0 Å². The molecule has 0 fully saturated rings. The van der Waals surface area contributed by atoms with Gasteiger partial charge in [-0.15, -0.1) is 0 Å². The minimum atomic E-state index is -0.0326. The molecule has 0 rings (SSSR count). The van der Waals surface area contributed by atoms with Crippen molar-refractivity contribution in [2.45, 2.75) is 245 Å². The van der Waals surface area contributed by atoms with E-state index in [0.717, 1.165) is 90.3 Å². The molecule has 0 N–H and O–H groups in total. The van der Waals surface area contributed by atoms with Gasteiger partial charge < -0.3 is 14.4 Å². The van der Waals surface area contributed by atoms with E-state index < -0.39 is 0 Å². The summed E-state index contributed by atoms with van der Waals surface area (Å²) in [6, 6.07) is 2.31. The summed E-state index contributed by atoms with van der Waals surface area (Å²) in [5.74, 6) is -0.0202. The van der Waals surface area contributed by atoms with Gasteiger partial charge in [0.15, 0.2) is 0 Å². The van der Waals surface area contributed by atoms with Gasteiger partial charge in [-0.3, -0.25) is 9.59 Å². The smallest absolute Gasteiger partial charge is 0.306 e. The lowest BCUT2D eigenvalue weighted by Crippen LogP contribution is -2.27. The molecule has 0 aromatic heterocycles. The fourth-order valence-corrected chi connectivity index (χ4v) is 6.94. The third-order valence-electron chi connectivity index (χ3n) is 10.3. The molecule has 0 saturated heterocycles. The van der Waals surface area contributed by atoms with Crippen LogP contribution in [0, 0.1) is 11.3 Å². The number of nitriles is 1. The van der Waals surface area contributed by atoms with E-state index in [1.165, 1.54) is 128 Å². The zero-order valence-corrected chi connectivity index (χ0v) is 34.5. The number of unbranched alkanes of at least 4 members (excludes halogenated alkanes) is 24. The van der Waals surface area contributed by atoms with E-state index in [4.69, 9.17) is 14.7 Å². The molecule has 0 spiro atoms. The number of carbonyl (C=O) groups is 2. The average Bonchev–Trinajstić information content (AvgIpc) is 3.13. The molecule has 0 unspecified atom stereocenters. The number of nitrogens with zero attached hydrogens (tertiary/aromatic N) is 2. The fraction of sp³-hybridized carbons (Fsp3) is 0.933. The van der Waals surface area contributed by atoms with Crippen molar-refractivity contribution >= 4 is 11.9 Å². The number of ether oxygens (including phenoxy) is 2. The van der Waals surface area contributed by atoms with Gasteiger partial charge in [0.2, 0.25) is 0 Å². The van der Waals surface area contributed by atoms with Crippen molar-refractivity contribution in [3.05, 3.63) is 0 Å². The van der Waals surface area contributed by atoms with Crippen LogP contribution in [-0.2, 0) is 19.1 Å². The molecule has 0 bridgehead atoms. The Morgan fingerprint density at radius 3 is 1.35 bits per heavy atom. The summed E-state index contributed by atoms with van der Waals surface area (Å²) in [7, 11) is 0. The van der Waals surface area contributed by atoms with Gasteiger partial charge in [-0.1, -0.05) is 162 Å². The molecule has 0 radical (unpaired) electrons. The Morgan fingerprint density at radius 2 is 0.882 bits per heavy atom. The molecule has 0 amide bonds. The Balaban J connectivity index is 4.03. The number of rotatable bonds is 41. The van der Waals surface area contributed by atoms with Crippen LogP contribution in [0.4, 0.5) is 0 Å². The Kier molecular flexibility index (Phi) is 39.9. The molecule has 0 aliphatic carbocycles. The summed E-state index contributed by atoms with van der Waals surface area (Å²) in [5.41, 5.74) is 0. The van der Waals surface area contributed by atoms with Gasteiger partial charge in [0.25, 0.3) is 0 Å². The Labute approximate surface area is 317 Å². The second-order valence-electron chi connectivity index (χ2n) is 15.4. The highest BCUT2D eigenvalue weighted by molar-refractivity contribution is 5.69. The van der Waals surface area contributed by atoms with Crippen LogP contribution in [-0.4, -0.2) is 49.2 Å². The van der Waals surface area contributed by atoms with Gasteiger partial charge in [-0.05, 0) is 70.9 Å². The molecule has 6 nitrogen and oxygen atoms in total. The molecule has 0 aromatic carbocycles. The fourth-order valence-electron chi connectivity index (χ4n) is 6.94. The molecule has 0 atom stereocenters. The topological polar surface area (TPSA) is 79.6 Å². The zero-order chi connectivity index (χ0) is 37.3. The van der Waals surface area contributed by atoms with Crippen LogP contribution >= 0.6 is 0 Å². The van der Waals surface area contributed by atoms with Gasteiger partial charge in [0.1, 0.15) is 6.10 Å². The maximum Gasteiger partial charge on any atom is 0.306 e. The van der Waals surface area contributed by atoms with Crippen LogP contribution in [0.1, 0.15) is 239 Å². The summed E-state index contributed by atoms with van der Waals surface area (Å²) in [6.07, 6.45) is 38.9. The molecule has 6 heteroatoms. The van der Waals surface area contributed by atoms with Crippen molar-refractivity contribution in [3.8, 4) is 6.07 Å². The molecule has 0 saturated carbocycles. The molecule has 0 aliphatic rings. The van der Waals surface area contributed by atoms with Crippen LogP contribution in [0.2, 0.25) is 0 Å². The van der Waals surface area contributed by atoms with E-state index in [1.807, 2.05) is 0 Å². The predicted molar refractivity (Wildman–Crippen MR) is 217 cm³/mol. The maximum atomic E-state index is 12.7. The number of esters is 2. The highest BCUT2D eigenvalue weighted by atomic mass is 16.5. The lowest BCUT2D eigenvalue weighted by molar-refractivity contribution is -0.150. The monoisotopic (exact) mass is 719 g/mol. The van der Waals surface area contributed by atoms with Gasteiger partial charge in [-0.25, -0.2) is 0 Å². The second kappa shape index (κ2) is 41.2. The van der Waals surface area contributed by atoms with Gasteiger partial charge in [-0.2, -0.15) is 5.26 Å². The van der Waals surface area contributed by atoms with Crippen molar-refractivity contribution in [1.82, 2.24) is 4.90 Å². The largest absolute Gasteiger partial charge is 0.466 e. The van der Waals surface area contributed by atoms with E-state index in [2.05, 4.69) is 31.7 Å². The number of hydrogen-bond donors (Lipinski definition) is 0. The molecule has 0 heterocycles. The first-order chi connectivity index (χ1) is 25.1. The van der Waals surface area contributed by atoms with Gasteiger partial charge in [0, 0.05) is 25.8 Å². The first-order valence-corrected chi connectivity index (χ1v) is 22.5. The number of hydrogen-bond acceptors (Lipinski definition) is 6. The van der Waals surface area contributed by atoms with Crippen LogP contribution in [0.15, 0.2) is 0 Å². The minimum Gasteiger partial charge on any atom is -0.466 e. The summed E-state index contributed by atoms with van der Waals surface area (Å²) >= 11 is 0. The average molecular weight is 719 g/mol. The van der Waals surface area contributed by atoms with E-state index in [0.29, 0.717) is 25.9 Å². The van der Waals surface area contributed by atoms with Crippen LogP contribution in [0.25, 0.3) is 0 Å². The summed E-state index contributed by atoms with van der Waals surface area (Å²) in [5, 5.41) is 9.13. The van der Waals surface area contributed by atoms with Crippen molar-refractivity contribution < 1.29 is 19.1 Å². The Morgan fingerprint density at radius 1 is 0.490 bits per heavy atom. The normalized spacial score (nSPS) is 11.4. The SMILES string of the molecule is CCCCCCCCCOC(=O)CCCCCCCN(CCC#N)CCCCCCCC(=O)OC(CCCCCCCC)CCCCCCCC. The molecule has 300 valence electrons.